The van der Waals surface area contributed by atoms with Crippen LogP contribution in [-0.2, 0) is 4.65 Å². The lowest BCUT2D eigenvalue weighted by atomic mass is 9.74. The molecular formula is C13H22BNO3. The Kier molecular flexibility index (Phi) is 4.21. The predicted molar refractivity (Wildman–Crippen MR) is 72.8 cm³/mol. The van der Waals surface area contributed by atoms with Gasteiger partial charge < -0.3 is 14.8 Å². The van der Waals surface area contributed by atoms with Gasteiger partial charge in [-0.25, -0.2) is 0 Å². The van der Waals surface area contributed by atoms with Gasteiger partial charge in [-0.15, -0.1) is 0 Å². The summed E-state index contributed by atoms with van der Waals surface area (Å²) in [6.45, 7) is 10.5. The van der Waals surface area contributed by atoms with Crippen molar-refractivity contribution < 1.29 is 14.8 Å². The number of hydrogen-bond donors (Lipinski definition) is 2. The van der Waals surface area contributed by atoms with Gasteiger partial charge in [-0.1, -0.05) is 0 Å². The van der Waals surface area contributed by atoms with E-state index in [0.29, 0.717) is 5.46 Å². The number of aromatic nitrogens is 1. The van der Waals surface area contributed by atoms with Crippen LogP contribution in [0, 0.1) is 13.8 Å². The fraction of sp³-hybridized carbons (Fsp3) is 0.615. The number of pyridine rings is 1. The molecule has 2 N–H and O–H groups in total. The first kappa shape index (κ1) is 15.2. The summed E-state index contributed by atoms with van der Waals surface area (Å²) >= 11 is 0. The topological polar surface area (TPSA) is 62.6 Å². The van der Waals surface area contributed by atoms with E-state index in [9.17, 15) is 10.1 Å². The first-order valence-corrected chi connectivity index (χ1v) is 6.06. The Labute approximate surface area is 109 Å². The molecule has 0 radical (unpaired) electrons. The second kappa shape index (κ2) is 5.00. The number of aryl methyl sites for hydroxylation is 2. The monoisotopic (exact) mass is 251 g/mol. The summed E-state index contributed by atoms with van der Waals surface area (Å²) in [4.78, 5) is 4.15. The van der Waals surface area contributed by atoms with Gasteiger partial charge in [0.2, 0.25) is 0 Å². The van der Waals surface area contributed by atoms with Crippen LogP contribution >= 0.6 is 0 Å². The molecule has 1 rings (SSSR count). The Morgan fingerprint density at radius 1 is 1.22 bits per heavy atom. The molecule has 0 aliphatic carbocycles. The second-order valence-corrected chi connectivity index (χ2v) is 5.72. The van der Waals surface area contributed by atoms with Crippen molar-refractivity contribution in [3.05, 3.63) is 23.5 Å². The SMILES string of the molecule is Cc1cc(B(O)OC(C)(C)C(C)(C)O)c(C)cn1. The zero-order valence-electron chi connectivity index (χ0n) is 12.0. The van der Waals surface area contributed by atoms with E-state index >= 15 is 0 Å². The minimum atomic E-state index is -1.08. The minimum Gasteiger partial charge on any atom is -0.423 e. The summed E-state index contributed by atoms with van der Waals surface area (Å²) in [5.74, 6) is 0. The molecular weight excluding hydrogens is 229 g/mol. The molecule has 0 bridgehead atoms. The van der Waals surface area contributed by atoms with E-state index in [2.05, 4.69) is 4.98 Å². The van der Waals surface area contributed by atoms with Gasteiger partial charge in [0.25, 0.3) is 0 Å². The molecule has 1 aromatic heterocycles. The van der Waals surface area contributed by atoms with Crippen molar-refractivity contribution in [1.82, 2.24) is 4.98 Å². The van der Waals surface area contributed by atoms with E-state index in [1.54, 1.807) is 40.0 Å². The third-order valence-electron chi connectivity index (χ3n) is 3.43. The summed E-state index contributed by atoms with van der Waals surface area (Å²) in [6, 6.07) is 1.79. The molecule has 5 heteroatoms. The van der Waals surface area contributed by atoms with E-state index in [1.165, 1.54) is 0 Å². The van der Waals surface area contributed by atoms with Crippen molar-refractivity contribution in [2.24, 2.45) is 0 Å². The van der Waals surface area contributed by atoms with Crippen molar-refractivity contribution in [2.45, 2.75) is 52.7 Å². The molecule has 18 heavy (non-hydrogen) atoms. The molecule has 0 aliphatic rings. The van der Waals surface area contributed by atoms with Crippen LogP contribution in [0.5, 0.6) is 0 Å². The van der Waals surface area contributed by atoms with Crippen molar-refractivity contribution in [3.8, 4) is 0 Å². The molecule has 1 heterocycles. The molecule has 0 saturated carbocycles. The number of hydrogen-bond acceptors (Lipinski definition) is 4. The van der Waals surface area contributed by atoms with Gasteiger partial charge in [0.05, 0.1) is 11.2 Å². The zero-order chi connectivity index (χ0) is 14.1. The summed E-state index contributed by atoms with van der Waals surface area (Å²) in [6.07, 6.45) is 1.70. The molecule has 0 fully saturated rings. The Balaban J connectivity index is 2.95. The van der Waals surface area contributed by atoms with E-state index in [4.69, 9.17) is 4.65 Å². The van der Waals surface area contributed by atoms with Gasteiger partial charge in [0.15, 0.2) is 0 Å². The molecule has 1 aromatic rings. The van der Waals surface area contributed by atoms with Crippen LogP contribution in [0.4, 0.5) is 0 Å². The summed E-state index contributed by atoms with van der Waals surface area (Å²) < 4.78 is 5.60. The van der Waals surface area contributed by atoms with Gasteiger partial charge in [-0.3, -0.25) is 4.98 Å². The molecule has 0 atom stereocenters. The minimum absolute atomic E-state index is 0.680. The average molecular weight is 251 g/mol. The van der Waals surface area contributed by atoms with Gasteiger partial charge in [0, 0.05) is 11.9 Å². The quantitative estimate of drug-likeness (QED) is 0.782. The first-order chi connectivity index (χ1) is 8.04. The van der Waals surface area contributed by atoms with Crippen LogP contribution in [-0.4, -0.2) is 33.4 Å². The van der Waals surface area contributed by atoms with Gasteiger partial charge in [-0.2, -0.15) is 0 Å². The van der Waals surface area contributed by atoms with Crippen molar-refractivity contribution in [3.63, 3.8) is 0 Å². The fourth-order valence-electron chi connectivity index (χ4n) is 1.40. The largest absolute Gasteiger partial charge is 0.492 e. The molecule has 100 valence electrons. The van der Waals surface area contributed by atoms with Crippen molar-refractivity contribution >= 4 is 12.6 Å². The van der Waals surface area contributed by atoms with Crippen LogP contribution in [0.2, 0.25) is 0 Å². The highest BCUT2D eigenvalue weighted by Gasteiger charge is 2.39. The lowest BCUT2D eigenvalue weighted by Gasteiger charge is -2.38. The Bertz CT molecular complexity index is 427. The van der Waals surface area contributed by atoms with Crippen molar-refractivity contribution in [2.75, 3.05) is 0 Å². The normalized spacial score (nSPS) is 12.7. The highest BCUT2D eigenvalue weighted by molar-refractivity contribution is 6.60. The predicted octanol–water partition coefficient (Wildman–Crippen LogP) is 0.952. The van der Waals surface area contributed by atoms with Crippen molar-refractivity contribution in [1.29, 1.82) is 0 Å². The molecule has 0 unspecified atom stereocenters. The Hall–Kier alpha value is -0.905. The third-order valence-corrected chi connectivity index (χ3v) is 3.43. The van der Waals surface area contributed by atoms with E-state index in [-0.39, 0.29) is 0 Å². The van der Waals surface area contributed by atoms with Crippen LogP contribution < -0.4 is 5.46 Å². The lowest BCUT2D eigenvalue weighted by Crippen LogP contribution is -2.53. The van der Waals surface area contributed by atoms with E-state index in [0.717, 1.165) is 11.3 Å². The Morgan fingerprint density at radius 3 is 2.28 bits per heavy atom. The van der Waals surface area contributed by atoms with Gasteiger partial charge in [-0.05, 0) is 58.6 Å². The average Bonchev–Trinajstić information content (AvgIpc) is 2.19. The van der Waals surface area contributed by atoms with Crippen LogP contribution in [0.25, 0.3) is 0 Å². The maximum absolute atomic E-state index is 10.2. The smallest absolute Gasteiger partial charge is 0.423 e. The summed E-state index contributed by atoms with van der Waals surface area (Å²) in [5, 5.41) is 20.2. The highest BCUT2D eigenvalue weighted by atomic mass is 16.5. The number of nitrogens with zero attached hydrogens (tertiary/aromatic N) is 1. The molecule has 0 spiro atoms. The summed E-state index contributed by atoms with van der Waals surface area (Å²) in [5.41, 5.74) is 0.443. The highest BCUT2D eigenvalue weighted by Crippen LogP contribution is 2.25. The number of aliphatic hydroxyl groups is 1. The van der Waals surface area contributed by atoms with Gasteiger partial charge >= 0.3 is 7.12 Å². The maximum Gasteiger partial charge on any atom is 0.492 e. The molecule has 0 aliphatic heterocycles. The fourth-order valence-corrected chi connectivity index (χ4v) is 1.40. The summed E-state index contributed by atoms with van der Waals surface area (Å²) in [7, 11) is -1.08. The third kappa shape index (κ3) is 3.31. The zero-order valence-corrected chi connectivity index (χ0v) is 12.0. The molecule has 0 saturated heterocycles. The Morgan fingerprint density at radius 2 is 1.78 bits per heavy atom. The van der Waals surface area contributed by atoms with Crippen LogP contribution in [0.15, 0.2) is 12.3 Å². The van der Waals surface area contributed by atoms with E-state index in [1.807, 2.05) is 13.8 Å². The standard InChI is InChI=1S/C13H22BNO3/c1-9-8-15-10(2)7-11(9)14(17)18-13(5,6)12(3,4)16/h7-8,16-17H,1-6H3. The van der Waals surface area contributed by atoms with Crippen LogP contribution in [0.3, 0.4) is 0 Å². The number of rotatable bonds is 4. The first-order valence-electron chi connectivity index (χ1n) is 6.06. The second-order valence-electron chi connectivity index (χ2n) is 5.72. The van der Waals surface area contributed by atoms with E-state index < -0.39 is 18.3 Å². The molecule has 4 nitrogen and oxygen atoms in total. The molecule has 0 amide bonds. The van der Waals surface area contributed by atoms with Crippen LogP contribution in [0.1, 0.15) is 39.0 Å². The molecule has 0 aromatic carbocycles. The van der Waals surface area contributed by atoms with Gasteiger partial charge in [0.1, 0.15) is 0 Å². The maximum atomic E-state index is 10.2. The lowest BCUT2D eigenvalue weighted by molar-refractivity contribution is -0.0982.